The number of carbonyl (C=O) groups is 2. The van der Waals surface area contributed by atoms with Crippen molar-refractivity contribution in [2.45, 2.75) is 13.3 Å². The number of esters is 1. The fraction of sp³-hybridized carbons (Fsp3) is 0.143. The number of benzene rings is 2. The van der Waals surface area contributed by atoms with E-state index in [4.69, 9.17) is 27.9 Å². The summed E-state index contributed by atoms with van der Waals surface area (Å²) in [4.78, 5) is 25.7. The van der Waals surface area contributed by atoms with E-state index in [1.165, 1.54) is 11.3 Å². The number of rotatable bonds is 6. The van der Waals surface area contributed by atoms with Crippen LogP contribution in [0.3, 0.4) is 0 Å². The largest absolute Gasteiger partial charge is 0.462 e. The molecule has 1 amide bonds. The highest BCUT2D eigenvalue weighted by atomic mass is 35.5. The molecule has 0 bridgehead atoms. The zero-order valence-corrected chi connectivity index (χ0v) is 17.3. The highest BCUT2D eigenvalue weighted by Crippen LogP contribution is 2.36. The molecule has 2 aromatic carbocycles. The van der Waals surface area contributed by atoms with Crippen LogP contribution >= 0.6 is 34.5 Å². The predicted molar refractivity (Wildman–Crippen MR) is 115 cm³/mol. The lowest BCUT2D eigenvalue weighted by atomic mass is 10.1. The Balaban J connectivity index is 1.84. The molecule has 1 aromatic heterocycles. The molecule has 7 heteroatoms. The molecule has 0 fully saturated rings. The second-order valence-electron chi connectivity index (χ2n) is 5.91. The van der Waals surface area contributed by atoms with E-state index in [1.807, 2.05) is 30.3 Å². The molecule has 144 valence electrons. The Morgan fingerprint density at radius 2 is 1.79 bits per heavy atom. The van der Waals surface area contributed by atoms with Crippen LogP contribution < -0.4 is 5.32 Å². The molecule has 0 aliphatic heterocycles. The average molecular weight is 434 g/mol. The van der Waals surface area contributed by atoms with Gasteiger partial charge in [0.05, 0.1) is 28.6 Å². The van der Waals surface area contributed by atoms with Crippen molar-refractivity contribution in [3.05, 3.63) is 75.8 Å². The van der Waals surface area contributed by atoms with Crippen LogP contribution in [-0.2, 0) is 16.0 Å². The van der Waals surface area contributed by atoms with Crippen molar-refractivity contribution in [1.29, 1.82) is 0 Å². The maximum absolute atomic E-state index is 12.5. The molecule has 4 nitrogen and oxygen atoms in total. The van der Waals surface area contributed by atoms with Crippen molar-refractivity contribution in [3.63, 3.8) is 0 Å². The third-order valence-corrected chi connectivity index (χ3v) is 5.73. The first-order valence-electron chi connectivity index (χ1n) is 8.58. The lowest BCUT2D eigenvalue weighted by molar-refractivity contribution is -0.115. The number of ether oxygens (including phenoxy) is 1. The lowest BCUT2D eigenvalue weighted by Gasteiger charge is -2.07. The van der Waals surface area contributed by atoms with Gasteiger partial charge < -0.3 is 10.1 Å². The third-order valence-electron chi connectivity index (χ3n) is 3.89. The van der Waals surface area contributed by atoms with Crippen LogP contribution in [0.15, 0.2) is 54.6 Å². The average Bonchev–Trinajstić information content (AvgIpc) is 3.09. The predicted octanol–water partition coefficient (Wildman–Crippen LogP) is 6.08. The van der Waals surface area contributed by atoms with Gasteiger partial charge in [-0.1, -0.05) is 59.6 Å². The van der Waals surface area contributed by atoms with Crippen LogP contribution in [0.5, 0.6) is 0 Å². The summed E-state index contributed by atoms with van der Waals surface area (Å²) in [6, 6.07) is 16.4. The first-order valence-corrected chi connectivity index (χ1v) is 10.1. The highest BCUT2D eigenvalue weighted by Gasteiger charge is 2.20. The molecule has 1 N–H and O–H groups in total. The van der Waals surface area contributed by atoms with Gasteiger partial charge in [-0.25, -0.2) is 4.79 Å². The zero-order valence-electron chi connectivity index (χ0n) is 15.0. The van der Waals surface area contributed by atoms with Crippen LogP contribution in [0.1, 0.15) is 22.8 Å². The molecule has 0 saturated carbocycles. The van der Waals surface area contributed by atoms with E-state index < -0.39 is 5.97 Å². The molecule has 0 aliphatic carbocycles. The molecule has 0 atom stereocenters. The van der Waals surface area contributed by atoms with Crippen LogP contribution in [0, 0.1) is 0 Å². The summed E-state index contributed by atoms with van der Waals surface area (Å²) < 4.78 is 5.13. The summed E-state index contributed by atoms with van der Waals surface area (Å²) in [6.45, 7) is 2.00. The molecule has 3 rings (SSSR count). The molecule has 0 radical (unpaired) electrons. The molecule has 28 heavy (non-hydrogen) atoms. The van der Waals surface area contributed by atoms with Crippen LogP contribution in [0.2, 0.25) is 10.0 Å². The van der Waals surface area contributed by atoms with Gasteiger partial charge in [0.1, 0.15) is 5.00 Å². The number of carbonyl (C=O) groups excluding carboxylic acids is 2. The standard InChI is InChI=1S/C21H17Cl2NO3S/c1-2-27-21(26)15-12-18(14-6-4-3-5-7-14)28-20(15)24-19(25)11-13-8-9-16(22)17(23)10-13/h3-10,12H,2,11H2,1H3,(H,24,25). The van der Waals surface area contributed by atoms with E-state index in [9.17, 15) is 9.59 Å². The molecule has 0 spiro atoms. The van der Waals surface area contributed by atoms with Gasteiger partial charge in [-0.15, -0.1) is 11.3 Å². The Bertz CT molecular complexity index is 1000. The third kappa shape index (κ3) is 4.93. The Labute approximate surface area is 177 Å². The number of halogens is 2. The van der Waals surface area contributed by atoms with Gasteiger partial charge in [0.2, 0.25) is 5.91 Å². The first kappa shape index (κ1) is 20.4. The van der Waals surface area contributed by atoms with Crippen molar-refractivity contribution in [2.24, 2.45) is 0 Å². The molecule has 1 heterocycles. The lowest BCUT2D eigenvalue weighted by Crippen LogP contribution is -2.16. The van der Waals surface area contributed by atoms with Crippen LogP contribution in [-0.4, -0.2) is 18.5 Å². The summed E-state index contributed by atoms with van der Waals surface area (Å²) in [5.41, 5.74) is 2.03. The highest BCUT2D eigenvalue weighted by molar-refractivity contribution is 7.20. The van der Waals surface area contributed by atoms with E-state index >= 15 is 0 Å². The normalized spacial score (nSPS) is 10.5. The maximum Gasteiger partial charge on any atom is 0.341 e. The number of nitrogens with one attached hydrogen (secondary N) is 1. The minimum atomic E-state index is -0.467. The number of hydrogen-bond acceptors (Lipinski definition) is 4. The molecule has 0 aliphatic rings. The monoisotopic (exact) mass is 433 g/mol. The topological polar surface area (TPSA) is 55.4 Å². The van der Waals surface area contributed by atoms with E-state index in [0.29, 0.717) is 20.6 Å². The quantitative estimate of drug-likeness (QED) is 0.479. The van der Waals surface area contributed by atoms with Crippen molar-refractivity contribution in [3.8, 4) is 10.4 Å². The minimum absolute atomic E-state index is 0.109. The first-order chi connectivity index (χ1) is 13.5. The fourth-order valence-electron chi connectivity index (χ4n) is 2.59. The van der Waals surface area contributed by atoms with Crippen molar-refractivity contribution < 1.29 is 14.3 Å². The smallest absolute Gasteiger partial charge is 0.341 e. The van der Waals surface area contributed by atoms with Gasteiger partial charge in [-0.3, -0.25) is 4.79 Å². The number of amides is 1. The molecule has 0 unspecified atom stereocenters. The van der Waals surface area contributed by atoms with Crippen molar-refractivity contribution in [1.82, 2.24) is 0 Å². The van der Waals surface area contributed by atoms with Crippen molar-refractivity contribution >= 4 is 51.4 Å². The Morgan fingerprint density at radius 1 is 1.04 bits per heavy atom. The number of anilines is 1. The summed E-state index contributed by atoms with van der Waals surface area (Å²) in [5, 5.41) is 4.11. The van der Waals surface area contributed by atoms with Gasteiger partial charge in [0.25, 0.3) is 0 Å². The maximum atomic E-state index is 12.5. The van der Waals surface area contributed by atoms with Gasteiger partial charge >= 0.3 is 5.97 Å². The van der Waals surface area contributed by atoms with Gasteiger partial charge in [-0.05, 0) is 36.2 Å². The summed E-state index contributed by atoms with van der Waals surface area (Å²) in [5.74, 6) is -0.726. The molecule has 0 saturated heterocycles. The Morgan fingerprint density at radius 3 is 2.46 bits per heavy atom. The van der Waals surface area contributed by atoms with Gasteiger partial charge in [0.15, 0.2) is 0 Å². The molecular weight excluding hydrogens is 417 g/mol. The summed E-state index contributed by atoms with van der Waals surface area (Å²) in [7, 11) is 0. The second-order valence-corrected chi connectivity index (χ2v) is 7.78. The van der Waals surface area contributed by atoms with E-state index in [-0.39, 0.29) is 18.9 Å². The van der Waals surface area contributed by atoms with Crippen LogP contribution in [0.4, 0.5) is 5.00 Å². The Kier molecular flexibility index (Phi) is 6.73. The van der Waals surface area contributed by atoms with E-state index in [0.717, 1.165) is 16.0 Å². The SMILES string of the molecule is CCOC(=O)c1cc(-c2ccccc2)sc1NC(=O)Cc1ccc(Cl)c(Cl)c1. The molecular formula is C21H17Cl2NO3S. The van der Waals surface area contributed by atoms with E-state index in [2.05, 4.69) is 5.32 Å². The minimum Gasteiger partial charge on any atom is -0.462 e. The van der Waals surface area contributed by atoms with Gasteiger partial charge in [0, 0.05) is 4.88 Å². The second kappa shape index (κ2) is 9.24. The Hall–Kier alpha value is -2.34. The van der Waals surface area contributed by atoms with E-state index in [1.54, 1.807) is 31.2 Å². The molecule has 3 aromatic rings. The number of hydrogen-bond donors (Lipinski definition) is 1. The van der Waals surface area contributed by atoms with Crippen LogP contribution in [0.25, 0.3) is 10.4 Å². The zero-order chi connectivity index (χ0) is 20.1. The van der Waals surface area contributed by atoms with Gasteiger partial charge in [-0.2, -0.15) is 0 Å². The summed E-state index contributed by atoms with van der Waals surface area (Å²) >= 11 is 13.2. The fourth-order valence-corrected chi connectivity index (χ4v) is 3.98. The van der Waals surface area contributed by atoms with Crippen molar-refractivity contribution in [2.75, 3.05) is 11.9 Å². The summed E-state index contributed by atoms with van der Waals surface area (Å²) in [6.07, 6.45) is 0.109. The number of thiophene rings is 1.